The zero-order valence-electron chi connectivity index (χ0n) is 19.4. The van der Waals surface area contributed by atoms with Crippen molar-refractivity contribution >= 4 is 34.9 Å². The summed E-state index contributed by atoms with van der Waals surface area (Å²) in [5.74, 6) is -1.11. The summed E-state index contributed by atoms with van der Waals surface area (Å²) in [6, 6.07) is 14.5. The lowest BCUT2D eigenvalue weighted by Gasteiger charge is -2.35. The van der Waals surface area contributed by atoms with Crippen LogP contribution in [-0.4, -0.2) is 29.7 Å². The van der Waals surface area contributed by atoms with Gasteiger partial charge in [-0.3, -0.25) is 24.5 Å². The minimum atomic E-state index is -0.752. The smallest absolute Gasteiger partial charge is 0.247 e. The number of benzene rings is 2. The number of allylic oxidation sites excluding steroid dienone is 1. The Balaban J connectivity index is 1.48. The second-order valence-electron chi connectivity index (χ2n) is 8.93. The third kappa shape index (κ3) is 4.64. The van der Waals surface area contributed by atoms with E-state index in [0.29, 0.717) is 31.4 Å². The van der Waals surface area contributed by atoms with Crippen molar-refractivity contribution in [3.8, 4) is 0 Å². The zero-order chi connectivity index (χ0) is 24.3. The van der Waals surface area contributed by atoms with Crippen LogP contribution in [0.5, 0.6) is 0 Å². The van der Waals surface area contributed by atoms with Gasteiger partial charge in [0.1, 0.15) is 6.04 Å². The highest BCUT2D eigenvalue weighted by molar-refractivity contribution is 6.03. The number of anilines is 1. The summed E-state index contributed by atoms with van der Waals surface area (Å²) in [6.45, 7) is 3.33. The van der Waals surface area contributed by atoms with E-state index in [0.717, 1.165) is 23.1 Å². The van der Waals surface area contributed by atoms with E-state index in [1.165, 1.54) is 12.5 Å². The van der Waals surface area contributed by atoms with Crippen LogP contribution in [0, 0.1) is 0 Å². The maximum absolute atomic E-state index is 13.1. The molecule has 4 rings (SSSR count). The maximum Gasteiger partial charge on any atom is 0.247 e. The van der Waals surface area contributed by atoms with Crippen LogP contribution in [0.15, 0.2) is 54.6 Å². The van der Waals surface area contributed by atoms with Gasteiger partial charge < -0.3 is 10.6 Å². The van der Waals surface area contributed by atoms with Gasteiger partial charge in [0.2, 0.25) is 23.6 Å². The molecule has 2 aromatic rings. The molecule has 1 aliphatic carbocycles. The monoisotopic (exact) mass is 459 g/mol. The first-order chi connectivity index (χ1) is 16.3. The fourth-order valence-electron chi connectivity index (χ4n) is 4.89. The van der Waals surface area contributed by atoms with E-state index in [-0.39, 0.29) is 23.6 Å². The van der Waals surface area contributed by atoms with Crippen LogP contribution >= 0.6 is 0 Å². The first-order valence-corrected chi connectivity index (χ1v) is 11.6. The molecule has 0 aromatic heterocycles. The molecular weight excluding hydrogens is 430 g/mol. The molecule has 1 heterocycles. The maximum atomic E-state index is 13.1. The molecular formula is C27H29N3O4. The lowest BCUT2D eigenvalue weighted by Crippen LogP contribution is -2.51. The number of hydrogen-bond acceptors (Lipinski definition) is 4. The fourth-order valence-corrected chi connectivity index (χ4v) is 4.89. The molecule has 0 saturated carbocycles. The molecule has 1 saturated heterocycles. The SMILES string of the molecule is CCC1(c2ccc(NC(=O)C(CC3=CCc4ccccc43)NC(C)=O)cc2)CCC(=O)NC1=O. The number of hydrogen-bond donors (Lipinski definition) is 3. The summed E-state index contributed by atoms with van der Waals surface area (Å²) < 4.78 is 0. The van der Waals surface area contributed by atoms with Gasteiger partial charge in [-0.05, 0) is 53.7 Å². The molecule has 2 aromatic carbocycles. The molecule has 0 radical (unpaired) electrons. The minimum absolute atomic E-state index is 0.248. The highest BCUT2D eigenvalue weighted by Gasteiger charge is 2.42. The summed E-state index contributed by atoms with van der Waals surface area (Å²) in [4.78, 5) is 49.1. The summed E-state index contributed by atoms with van der Waals surface area (Å²) in [6.07, 6.45) is 4.65. The highest BCUT2D eigenvalue weighted by Crippen LogP contribution is 2.36. The van der Waals surface area contributed by atoms with Crippen molar-refractivity contribution in [3.05, 3.63) is 71.3 Å². The van der Waals surface area contributed by atoms with E-state index in [4.69, 9.17) is 0 Å². The van der Waals surface area contributed by atoms with Crippen LogP contribution in [0.1, 0.15) is 56.2 Å². The quantitative estimate of drug-likeness (QED) is 0.553. The Hall–Kier alpha value is -3.74. The number of piperidine rings is 1. The molecule has 2 aliphatic rings. The van der Waals surface area contributed by atoms with Gasteiger partial charge in [-0.15, -0.1) is 0 Å². The van der Waals surface area contributed by atoms with Crippen LogP contribution in [-0.2, 0) is 31.0 Å². The molecule has 3 N–H and O–H groups in total. The van der Waals surface area contributed by atoms with Crippen molar-refractivity contribution in [1.29, 1.82) is 0 Å². The van der Waals surface area contributed by atoms with Crippen LogP contribution in [0.25, 0.3) is 5.57 Å². The average molecular weight is 460 g/mol. The largest absolute Gasteiger partial charge is 0.344 e. The Morgan fingerprint density at radius 1 is 1.09 bits per heavy atom. The van der Waals surface area contributed by atoms with Crippen LogP contribution < -0.4 is 16.0 Å². The second kappa shape index (κ2) is 9.63. The fraction of sp³-hybridized carbons (Fsp3) is 0.333. The Kier molecular flexibility index (Phi) is 6.63. The van der Waals surface area contributed by atoms with Crippen molar-refractivity contribution in [2.45, 2.75) is 57.4 Å². The number of nitrogens with one attached hydrogen (secondary N) is 3. The highest BCUT2D eigenvalue weighted by atomic mass is 16.2. The Bertz CT molecular complexity index is 1170. The van der Waals surface area contributed by atoms with Crippen molar-refractivity contribution in [1.82, 2.24) is 10.6 Å². The second-order valence-corrected chi connectivity index (χ2v) is 8.93. The lowest BCUT2D eigenvalue weighted by molar-refractivity contribution is -0.138. The molecule has 2 atom stereocenters. The van der Waals surface area contributed by atoms with E-state index in [2.05, 4.69) is 28.1 Å². The molecule has 7 nitrogen and oxygen atoms in total. The number of carbonyl (C=O) groups is 4. The molecule has 2 unspecified atom stereocenters. The molecule has 0 spiro atoms. The van der Waals surface area contributed by atoms with Gasteiger partial charge in [0, 0.05) is 25.5 Å². The third-order valence-electron chi connectivity index (χ3n) is 6.82. The molecule has 176 valence electrons. The van der Waals surface area contributed by atoms with E-state index in [1.54, 1.807) is 12.1 Å². The zero-order valence-corrected chi connectivity index (χ0v) is 19.4. The lowest BCUT2D eigenvalue weighted by atomic mass is 9.72. The summed E-state index contributed by atoms with van der Waals surface area (Å²) >= 11 is 0. The number of rotatable bonds is 7. The summed E-state index contributed by atoms with van der Waals surface area (Å²) in [5, 5.41) is 8.11. The predicted molar refractivity (Wildman–Crippen MR) is 130 cm³/mol. The van der Waals surface area contributed by atoms with Gasteiger partial charge in [0.15, 0.2) is 0 Å². The van der Waals surface area contributed by atoms with E-state index in [9.17, 15) is 19.2 Å². The van der Waals surface area contributed by atoms with Crippen molar-refractivity contribution in [2.24, 2.45) is 0 Å². The van der Waals surface area contributed by atoms with Crippen LogP contribution in [0.4, 0.5) is 5.69 Å². The minimum Gasteiger partial charge on any atom is -0.344 e. The molecule has 1 fully saturated rings. The molecule has 1 aliphatic heterocycles. The summed E-state index contributed by atoms with van der Waals surface area (Å²) in [5.41, 5.74) is 4.00. The van der Waals surface area contributed by atoms with Crippen LogP contribution in [0.2, 0.25) is 0 Å². The number of imide groups is 1. The Labute approximate surface area is 199 Å². The number of fused-ring (bicyclic) bond motifs is 1. The molecule has 0 bridgehead atoms. The van der Waals surface area contributed by atoms with Gasteiger partial charge in [-0.1, -0.05) is 49.4 Å². The van der Waals surface area contributed by atoms with Gasteiger partial charge in [0.05, 0.1) is 5.41 Å². The topological polar surface area (TPSA) is 104 Å². The number of amides is 4. The average Bonchev–Trinajstić information content (AvgIpc) is 3.22. The molecule has 34 heavy (non-hydrogen) atoms. The standard InChI is InChI=1S/C27H29N3O4/c1-3-27(15-14-24(32)30-26(27)34)20-10-12-21(13-11-20)29-25(33)23(28-17(2)31)16-19-9-8-18-6-4-5-7-22(18)19/h4-7,9-13,23H,3,8,14-16H2,1-2H3,(H,28,31)(H,29,33)(H,30,32,34). The Morgan fingerprint density at radius 2 is 1.82 bits per heavy atom. The third-order valence-corrected chi connectivity index (χ3v) is 6.82. The number of carbonyl (C=O) groups excluding carboxylic acids is 4. The first kappa shape index (κ1) is 23.4. The van der Waals surface area contributed by atoms with Crippen molar-refractivity contribution in [2.75, 3.05) is 5.32 Å². The van der Waals surface area contributed by atoms with Gasteiger partial charge in [-0.2, -0.15) is 0 Å². The van der Waals surface area contributed by atoms with Crippen molar-refractivity contribution < 1.29 is 19.2 Å². The molecule has 7 heteroatoms. The Morgan fingerprint density at radius 3 is 2.50 bits per heavy atom. The predicted octanol–water partition coefficient (Wildman–Crippen LogP) is 3.24. The van der Waals surface area contributed by atoms with Crippen LogP contribution in [0.3, 0.4) is 0 Å². The van der Waals surface area contributed by atoms with E-state index in [1.807, 2.05) is 37.3 Å². The van der Waals surface area contributed by atoms with E-state index >= 15 is 0 Å². The normalized spacial score (nSPS) is 20.1. The van der Waals surface area contributed by atoms with Gasteiger partial charge in [-0.25, -0.2) is 0 Å². The van der Waals surface area contributed by atoms with Gasteiger partial charge >= 0.3 is 0 Å². The first-order valence-electron chi connectivity index (χ1n) is 11.6. The van der Waals surface area contributed by atoms with Crippen molar-refractivity contribution in [3.63, 3.8) is 0 Å². The summed E-state index contributed by atoms with van der Waals surface area (Å²) in [7, 11) is 0. The molecule has 4 amide bonds. The van der Waals surface area contributed by atoms with Gasteiger partial charge in [0.25, 0.3) is 0 Å². The van der Waals surface area contributed by atoms with E-state index < -0.39 is 11.5 Å².